The van der Waals surface area contributed by atoms with Crippen LogP contribution < -0.4 is 10.6 Å². The lowest BCUT2D eigenvalue weighted by molar-refractivity contribution is 0.0921. The Morgan fingerprint density at radius 1 is 1.67 bits per heavy atom. The van der Waals surface area contributed by atoms with Crippen LogP contribution in [0.1, 0.15) is 35.8 Å². The van der Waals surface area contributed by atoms with Crippen molar-refractivity contribution < 1.29 is 4.79 Å². The molecule has 18 heavy (non-hydrogen) atoms. The minimum Gasteiger partial charge on any atom is -0.349 e. The van der Waals surface area contributed by atoms with Crippen LogP contribution in [0.4, 0.5) is 0 Å². The number of nitrogens with zero attached hydrogens (tertiary/aromatic N) is 2. The van der Waals surface area contributed by atoms with Gasteiger partial charge in [0.25, 0.3) is 5.91 Å². The first kappa shape index (κ1) is 13.1. The first-order valence-corrected chi connectivity index (χ1v) is 6.59. The molecule has 0 spiro atoms. The van der Waals surface area contributed by atoms with Gasteiger partial charge in [-0.1, -0.05) is 0 Å². The molecule has 1 aliphatic heterocycles. The first-order valence-electron chi connectivity index (χ1n) is 6.59. The molecule has 1 aromatic rings. The first-order chi connectivity index (χ1) is 8.59. The molecule has 2 heterocycles. The maximum Gasteiger partial charge on any atom is 0.254 e. The quantitative estimate of drug-likeness (QED) is 0.836. The van der Waals surface area contributed by atoms with Crippen molar-refractivity contribution in [2.24, 2.45) is 13.0 Å². The zero-order chi connectivity index (χ0) is 13.1. The van der Waals surface area contributed by atoms with Crippen LogP contribution >= 0.6 is 0 Å². The maximum atomic E-state index is 12.1. The Morgan fingerprint density at radius 2 is 2.44 bits per heavy atom. The lowest BCUT2D eigenvalue weighted by Crippen LogP contribution is -2.44. The Balaban J connectivity index is 1.96. The Morgan fingerprint density at radius 3 is 3.00 bits per heavy atom. The van der Waals surface area contributed by atoms with Gasteiger partial charge in [-0.2, -0.15) is 5.10 Å². The van der Waals surface area contributed by atoms with Crippen molar-refractivity contribution in [1.29, 1.82) is 0 Å². The Labute approximate surface area is 108 Å². The molecule has 0 radical (unpaired) electrons. The highest BCUT2D eigenvalue weighted by Gasteiger charge is 2.22. The lowest BCUT2D eigenvalue weighted by atomic mass is 9.92. The molecule has 2 rings (SSSR count). The van der Waals surface area contributed by atoms with E-state index in [9.17, 15) is 4.79 Å². The predicted octanol–water partition coefficient (Wildman–Crippen LogP) is 0.846. The molecule has 0 bridgehead atoms. The van der Waals surface area contributed by atoms with Gasteiger partial charge in [0.1, 0.15) is 0 Å². The van der Waals surface area contributed by atoms with Gasteiger partial charge in [0, 0.05) is 18.8 Å². The van der Waals surface area contributed by atoms with Crippen molar-refractivity contribution in [1.82, 2.24) is 20.4 Å². The summed E-state index contributed by atoms with van der Waals surface area (Å²) >= 11 is 0. The van der Waals surface area contributed by atoms with Gasteiger partial charge in [-0.25, -0.2) is 0 Å². The molecule has 2 atom stereocenters. The fourth-order valence-electron chi connectivity index (χ4n) is 2.43. The highest BCUT2D eigenvalue weighted by molar-refractivity contribution is 5.95. The Hall–Kier alpha value is -1.36. The summed E-state index contributed by atoms with van der Waals surface area (Å²) in [6.07, 6.45) is 4.01. The van der Waals surface area contributed by atoms with Gasteiger partial charge in [-0.05, 0) is 45.7 Å². The smallest absolute Gasteiger partial charge is 0.254 e. The fourth-order valence-corrected chi connectivity index (χ4v) is 2.43. The van der Waals surface area contributed by atoms with Crippen LogP contribution in [-0.2, 0) is 7.05 Å². The molecule has 1 saturated heterocycles. The van der Waals surface area contributed by atoms with E-state index in [1.807, 2.05) is 14.0 Å². The van der Waals surface area contributed by atoms with E-state index in [0.29, 0.717) is 11.5 Å². The third-order valence-electron chi connectivity index (χ3n) is 3.88. The highest BCUT2D eigenvalue weighted by Crippen LogP contribution is 2.15. The van der Waals surface area contributed by atoms with Crippen LogP contribution in [0.3, 0.4) is 0 Å². The zero-order valence-electron chi connectivity index (χ0n) is 11.4. The van der Waals surface area contributed by atoms with E-state index in [0.717, 1.165) is 18.8 Å². The van der Waals surface area contributed by atoms with E-state index in [4.69, 9.17) is 0 Å². The average molecular weight is 250 g/mol. The topological polar surface area (TPSA) is 59.0 Å². The largest absolute Gasteiger partial charge is 0.349 e. The Bertz CT molecular complexity index is 421. The zero-order valence-corrected chi connectivity index (χ0v) is 11.4. The van der Waals surface area contributed by atoms with Crippen LogP contribution in [0.2, 0.25) is 0 Å². The number of aryl methyl sites for hydroxylation is 1. The van der Waals surface area contributed by atoms with Crippen molar-refractivity contribution in [2.75, 3.05) is 13.1 Å². The number of carbonyl (C=O) groups excluding carboxylic acids is 1. The third-order valence-corrected chi connectivity index (χ3v) is 3.88. The summed E-state index contributed by atoms with van der Waals surface area (Å²) in [5.74, 6) is 0.512. The lowest BCUT2D eigenvalue weighted by Gasteiger charge is -2.28. The third kappa shape index (κ3) is 2.72. The van der Waals surface area contributed by atoms with Crippen molar-refractivity contribution in [3.8, 4) is 0 Å². The van der Waals surface area contributed by atoms with Crippen LogP contribution in [0.5, 0.6) is 0 Å². The number of carbonyl (C=O) groups is 1. The summed E-state index contributed by atoms with van der Waals surface area (Å²) < 4.78 is 1.72. The van der Waals surface area contributed by atoms with Crippen molar-refractivity contribution in [3.05, 3.63) is 17.5 Å². The van der Waals surface area contributed by atoms with Crippen molar-refractivity contribution in [3.63, 3.8) is 0 Å². The number of rotatable bonds is 3. The van der Waals surface area contributed by atoms with Crippen molar-refractivity contribution in [2.45, 2.75) is 32.7 Å². The number of nitrogens with one attached hydrogen (secondary N) is 2. The van der Waals surface area contributed by atoms with Gasteiger partial charge >= 0.3 is 0 Å². The molecular weight excluding hydrogens is 228 g/mol. The van der Waals surface area contributed by atoms with Gasteiger partial charge in [0.2, 0.25) is 0 Å². The highest BCUT2D eigenvalue weighted by atomic mass is 16.1. The summed E-state index contributed by atoms with van der Waals surface area (Å²) in [6.45, 7) is 6.09. The van der Waals surface area contributed by atoms with E-state index in [1.54, 1.807) is 10.9 Å². The standard InChI is InChI=1S/C13H22N4O/c1-9(11-5-4-6-14-7-11)16-13(18)12-8-15-17(3)10(12)2/h8-9,11,14H,4-7H2,1-3H3,(H,16,18). The second kappa shape index (κ2) is 5.52. The molecule has 5 nitrogen and oxygen atoms in total. The molecule has 2 N–H and O–H groups in total. The minimum absolute atomic E-state index is 0.0151. The van der Waals surface area contributed by atoms with Gasteiger partial charge in [-0.15, -0.1) is 0 Å². The number of piperidine rings is 1. The van der Waals surface area contributed by atoms with Crippen molar-refractivity contribution >= 4 is 5.91 Å². The van der Waals surface area contributed by atoms with E-state index < -0.39 is 0 Å². The monoisotopic (exact) mass is 250 g/mol. The maximum absolute atomic E-state index is 12.1. The van der Waals surface area contributed by atoms with Gasteiger partial charge in [-0.3, -0.25) is 9.48 Å². The second-order valence-electron chi connectivity index (χ2n) is 5.14. The summed E-state index contributed by atoms with van der Waals surface area (Å²) in [4.78, 5) is 12.1. The van der Waals surface area contributed by atoms with E-state index in [1.165, 1.54) is 12.8 Å². The minimum atomic E-state index is -0.0151. The predicted molar refractivity (Wildman–Crippen MR) is 70.5 cm³/mol. The van der Waals surface area contributed by atoms with E-state index in [2.05, 4.69) is 22.7 Å². The summed E-state index contributed by atoms with van der Waals surface area (Å²) in [5, 5.41) is 10.6. The number of hydrogen-bond donors (Lipinski definition) is 2. The summed E-state index contributed by atoms with van der Waals surface area (Å²) in [5.41, 5.74) is 1.58. The number of amides is 1. The van der Waals surface area contributed by atoms with Gasteiger partial charge in [0.05, 0.1) is 11.8 Å². The normalized spacial score (nSPS) is 21.6. The Kier molecular flexibility index (Phi) is 4.01. The average Bonchev–Trinajstić information content (AvgIpc) is 2.71. The van der Waals surface area contributed by atoms with Crippen LogP contribution in [0, 0.1) is 12.8 Å². The van der Waals surface area contributed by atoms with Crippen LogP contribution in [0.15, 0.2) is 6.20 Å². The molecule has 0 saturated carbocycles. The molecule has 0 aromatic carbocycles. The molecular formula is C13H22N4O. The van der Waals surface area contributed by atoms with Gasteiger partial charge < -0.3 is 10.6 Å². The molecule has 1 aliphatic rings. The molecule has 1 amide bonds. The molecule has 1 aromatic heterocycles. The fraction of sp³-hybridized carbons (Fsp3) is 0.692. The van der Waals surface area contributed by atoms with Crippen LogP contribution in [-0.4, -0.2) is 34.8 Å². The SMILES string of the molecule is Cc1c(C(=O)NC(C)C2CCCNC2)cnn1C. The molecule has 1 fully saturated rings. The number of hydrogen-bond acceptors (Lipinski definition) is 3. The molecule has 0 aliphatic carbocycles. The van der Waals surface area contributed by atoms with Crippen LogP contribution in [0.25, 0.3) is 0 Å². The second-order valence-corrected chi connectivity index (χ2v) is 5.14. The summed E-state index contributed by atoms with van der Waals surface area (Å²) in [7, 11) is 1.85. The molecule has 5 heteroatoms. The summed E-state index contributed by atoms with van der Waals surface area (Å²) in [6, 6.07) is 0.199. The molecule has 100 valence electrons. The van der Waals surface area contributed by atoms with Gasteiger partial charge in [0.15, 0.2) is 0 Å². The molecule has 2 unspecified atom stereocenters. The van der Waals surface area contributed by atoms with E-state index >= 15 is 0 Å². The number of aromatic nitrogens is 2. The van der Waals surface area contributed by atoms with E-state index in [-0.39, 0.29) is 11.9 Å².